The van der Waals surface area contributed by atoms with Crippen LogP contribution in [0.1, 0.15) is 43.0 Å². The van der Waals surface area contributed by atoms with Gasteiger partial charge in [0.05, 0.1) is 20.9 Å². The van der Waals surface area contributed by atoms with Crippen LogP contribution in [0.5, 0.6) is 0 Å². The number of aryl methyl sites for hydroxylation is 2. The van der Waals surface area contributed by atoms with Crippen LogP contribution >= 0.6 is 0 Å². The molecule has 0 radical (unpaired) electrons. The zero-order chi connectivity index (χ0) is 35.2. The SMILES string of the molecule is Cc1cc(S(=O)(=O)c2ccc(C(=O)OCCOC(=O)/C=C/c3ccccc3)c(C)c2)ccc1C(=O)OCCOC(=O)/C=C\c1ccccc1. The Kier molecular flexibility index (Phi) is 12.8. The van der Waals surface area contributed by atoms with E-state index < -0.39 is 33.7 Å². The Balaban J connectivity index is 1.26. The average molecular weight is 683 g/mol. The van der Waals surface area contributed by atoms with Crippen molar-refractivity contribution < 1.29 is 46.5 Å². The maximum absolute atomic E-state index is 13.4. The number of esters is 4. The summed E-state index contributed by atoms with van der Waals surface area (Å²) >= 11 is 0. The van der Waals surface area contributed by atoms with Crippen molar-refractivity contribution >= 4 is 45.9 Å². The van der Waals surface area contributed by atoms with E-state index in [-0.39, 0.29) is 47.3 Å². The number of hydrogen-bond donors (Lipinski definition) is 0. The number of sulfone groups is 1. The molecule has 0 aliphatic carbocycles. The second-order valence-corrected chi connectivity index (χ2v) is 12.5. The lowest BCUT2D eigenvalue weighted by molar-refractivity contribution is -0.139. The third-order valence-electron chi connectivity index (χ3n) is 7.00. The van der Waals surface area contributed by atoms with Gasteiger partial charge in [-0.1, -0.05) is 60.7 Å². The molecule has 0 unspecified atom stereocenters. The van der Waals surface area contributed by atoms with E-state index in [2.05, 4.69) is 0 Å². The van der Waals surface area contributed by atoms with Crippen LogP contribution in [0.2, 0.25) is 0 Å². The minimum Gasteiger partial charge on any atom is -0.459 e. The standard InChI is InChI=1S/C38H34O10S/c1-27-25-31(15-17-33(27)37(41)47-23-21-45-35(39)19-13-29-9-5-3-6-10-29)49(43,44)32-16-18-34(28(2)26-32)38(42)48-24-22-46-36(40)20-14-30-11-7-4-8-12-30/h3-20,25-26H,21-24H2,1-2H3/b19-13-,20-14+. The van der Waals surface area contributed by atoms with Crippen LogP contribution in [-0.4, -0.2) is 58.7 Å². The fourth-order valence-corrected chi connectivity index (χ4v) is 5.89. The summed E-state index contributed by atoms with van der Waals surface area (Å²) in [5.74, 6) is -2.57. The van der Waals surface area contributed by atoms with Gasteiger partial charge in [-0.05, 0) is 84.7 Å². The van der Waals surface area contributed by atoms with Crippen LogP contribution in [0.25, 0.3) is 12.2 Å². The zero-order valence-electron chi connectivity index (χ0n) is 26.9. The topological polar surface area (TPSA) is 139 Å². The molecule has 49 heavy (non-hydrogen) atoms. The van der Waals surface area contributed by atoms with Gasteiger partial charge in [0.1, 0.15) is 26.4 Å². The van der Waals surface area contributed by atoms with Crippen molar-refractivity contribution in [1.82, 2.24) is 0 Å². The average Bonchev–Trinajstić information content (AvgIpc) is 3.10. The fourth-order valence-electron chi connectivity index (χ4n) is 4.46. The molecule has 0 saturated carbocycles. The first kappa shape index (κ1) is 36.0. The zero-order valence-corrected chi connectivity index (χ0v) is 27.7. The molecule has 0 aliphatic heterocycles. The maximum Gasteiger partial charge on any atom is 0.338 e. The van der Waals surface area contributed by atoms with Crippen molar-refractivity contribution in [2.75, 3.05) is 26.4 Å². The molecule has 11 heteroatoms. The number of ether oxygens (including phenoxy) is 4. The molecule has 4 aromatic carbocycles. The predicted octanol–water partition coefficient (Wildman–Crippen LogP) is 5.96. The molecule has 4 rings (SSSR count). The molecule has 0 N–H and O–H groups in total. The van der Waals surface area contributed by atoms with Crippen molar-refractivity contribution in [3.05, 3.63) is 143 Å². The molecule has 0 spiro atoms. The van der Waals surface area contributed by atoms with Gasteiger partial charge in [-0.2, -0.15) is 0 Å². The summed E-state index contributed by atoms with van der Waals surface area (Å²) in [5, 5.41) is 0. The lowest BCUT2D eigenvalue weighted by atomic mass is 10.1. The van der Waals surface area contributed by atoms with Gasteiger partial charge in [0.25, 0.3) is 0 Å². The monoisotopic (exact) mass is 682 g/mol. The minimum atomic E-state index is -4.01. The van der Waals surface area contributed by atoms with Crippen molar-refractivity contribution in [3.63, 3.8) is 0 Å². The van der Waals surface area contributed by atoms with E-state index in [9.17, 15) is 27.6 Å². The van der Waals surface area contributed by atoms with E-state index in [4.69, 9.17) is 18.9 Å². The smallest absolute Gasteiger partial charge is 0.338 e. The first-order valence-electron chi connectivity index (χ1n) is 15.1. The van der Waals surface area contributed by atoms with Crippen LogP contribution in [0.4, 0.5) is 0 Å². The Bertz CT molecular complexity index is 1830. The molecule has 4 aromatic rings. The highest BCUT2D eigenvalue weighted by molar-refractivity contribution is 7.91. The van der Waals surface area contributed by atoms with Gasteiger partial charge in [0, 0.05) is 12.2 Å². The normalized spacial score (nSPS) is 11.3. The molecule has 0 saturated heterocycles. The molecule has 0 aromatic heterocycles. The molecule has 0 atom stereocenters. The Labute approximate surface area is 284 Å². The number of rotatable bonds is 14. The van der Waals surface area contributed by atoms with Crippen molar-refractivity contribution in [2.45, 2.75) is 23.6 Å². The largest absolute Gasteiger partial charge is 0.459 e. The fraction of sp³-hybridized carbons (Fsp3) is 0.158. The number of carbonyl (C=O) groups is 4. The van der Waals surface area contributed by atoms with Crippen molar-refractivity contribution in [3.8, 4) is 0 Å². The highest BCUT2D eigenvalue weighted by Gasteiger charge is 2.22. The molecule has 0 fully saturated rings. The van der Waals surface area contributed by atoms with Crippen molar-refractivity contribution in [2.24, 2.45) is 0 Å². The van der Waals surface area contributed by atoms with Gasteiger partial charge in [-0.25, -0.2) is 27.6 Å². The summed E-state index contributed by atoms with van der Waals surface area (Å²) in [4.78, 5) is 48.9. The van der Waals surface area contributed by atoms with E-state index >= 15 is 0 Å². The Morgan fingerprint density at radius 1 is 0.531 bits per heavy atom. The second-order valence-electron chi connectivity index (χ2n) is 10.6. The van der Waals surface area contributed by atoms with Crippen molar-refractivity contribution in [1.29, 1.82) is 0 Å². The van der Waals surface area contributed by atoms with Crippen LogP contribution in [0.3, 0.4) is 0 Å². The van der Waals surface area contributed by atoms with E-state index in [1.54, 1.807) is 26.0 Å². The summed E-state index contributed by atoms with van der Waals surface area (Å²) in [6.07, 6.45) is 5.76. The summed E-state index contributed by atoms with van der Waals surface area (Å²) in [7, 11) is -4.01. The Morgan fingerprint density at radius 3 is 1.27 bits per heavy atom. The predicted molar refractivity (Wildman–Crippen MR) is 181 cm³/mol. The Hall–Kier alpha value is -5.81. The van der Waals surface area contributed by atoms with Gasteiger partial charge in [-0.3, -0.25) is 0 Å². The minimum absolute atomic E-state index is 0.0569. The lowest BCUT2D eigenvalue weighted by Gasteiger charge is -2.12. The summed E-state index contributed by atoms with van der Waals surface area (Å²) < 4.78 is 47.3. The van der Waals surface area contributed by atoms with Gasteiger partial charge in [-0.15, -0.1) is 0 Å². The number of hydrogen-bond acceptors (Lipinski definition) is 10. The quantitative estimate of drug-likeness (QED) is 0.0677. The van der Waals surface area contributed by atoms with Gasteiger partial charge in [0.15, 0.2) is 0 Å². The molecule has 0 heterocycles. The molecule has 0 bridgehead atoms. The first-order valence-corrected chi connectivity index (χ1v) is 16.6. The highest BCUT2D eigenvalue weighted by Crippen LogP contribution is 2.26. The first-order chi connectivity index (χ1) is 23.5. The second kappa shape index (κ2) is 17.4. The van der Waals surface area contributed by atoms with Crippen LogP contribution in [-0.2, 0) is 38.4 Å². The van der Waals surface area contributed by atoms with E-state index in [1.807, 2.05) is 60.7 Å². The summed E-state index contributed by atoms with van der Waals surface area (Å²) in [5.41, 5.74) is 2.70. The lowest BCUT2D eigenvalue weighted by Crippen LogP contribution is -2.15. The van der Waals surface area contributed by atoms with E-state index in [1.165, 1.54) is 48.6 Å². The van der Waals surface area contributed by atoms with Gasteiger partial charge < -0.3 is 18.9 Å². The molecule has 252 valence electrons. The molecular formula is C38H34O10S. The molecule has 0 amide bonds. The Morgan fingerprint density at radius 2 is 0.898 bits per heavy atom. The number of benzene rings is 4. The van der Waals surface area contributed by atoms with Crippen LogP contribution in [0, 0.1) is 13.8 Å². The number of carbonyl (C=O) groups excluding carboxylic acids is 4. The summed E-state index contributed by atoms with van der Waals surface area (Å²) in [6, 6.07) is 26.4. The molecule has 0 aliphatic rings. The van der Waals surface area contributed by atoms with Gasteiger partial charge in [0.2, 0.25) is 9.84 Å². The third kappa shape index (κ3) is 10.6. The molecule has 10 nitrogen and oxygen atoms in total. The van der Waals surface area contributed by atoms with Crippen LogP contribution < -0.4 is 0 Å². The maximum atomic E-state index is 13.4. The molecular weight excluding hydrogens is 648 g/mol. The van der Waals surface area contributed by atoms with E-state index in [0.717, 1.165) is 11.1 Å². The third-order valence-corrected chi connectivity index (χ3v) is 8.75. The van der Waals surface area contributed by atoms with Crippen LogP contribution in [0.15, 0.2) is 119 Å². The van der Waals surface area contributed by atoms with E-state index in [0.29, 0.717) is 11.1 Å². The highest BCUT2D eigenvalue weighted by atomic mass is 32.2. The van der Waals surface area contributed by atoms with Gasteiger partial charge >= 0.3 is 23.9 Å². The summed E-state index contributed by atoms with van der Waals surface area (Å²) in [6.45, 7) is 2.47.